The Hall–Kier alpha value is -3.45. The summed E-state index contributed by atoms with van der Waals surface area (Å²) in [6.45, 7) is 21.0. The number of fused-ring (bicyclic) bond motifs is 2. The smallest absolute Gasteiger partial charge is 0.111 e. The van der Waals surface area contributed by atoms with E-state index >= 15 is 0 Å². The Morgan fingerprint density at radius 3 is 1.57 bits per heavy atom. The maximum absolute atomic E-state index is 10.4. The Labute approximate surface area is 244 Å². The molecule has 206 valence electrons. The van der Waals surface area contributed by atoms with Gasteiger partial charge in [0.1, 0.15) is 23.2 Å². The zero-order valence-corrected chi connectivity index (χ0v) is 26.6. The predicted molar refractivity (Wildman–Crippen MR) is 162 cm³/mol. The van der Waals surface area contributed by atoms with Crippen LogP contribution in [0.2, 0.25) is 0 Å². The summed E-state index contributed by atoms with van der Waals surface area (Å²) in [5, 5.41) is 39.7. The van der Waals surface area contributed by atoms with E-state index in [0.29, 0.717) is 28.6 Å². The normalized spacial score (nSPS) is 12.9. The highest BCUT2D eigenvalue weighted by Gasteiger charge is 2.38. The molecule has 0 aliphatic heterocycles. The van der Waals surface area contributed by atoms with Gasteiger partial charge in [-0.25, -0.2) is 0 Å². The molecule has 0 saturated carbocycles. The number of nitrogens with zero attached hydrogens (tertiary/aromatic N) is 7. The minimum absolute atomic E-state index is 0.151. The monoisotopic (exact) mass is 569 g/mol. The average Bonchev–Trinajstić information content (AvgIpc) is 3.53. The van der Waals surface area contributed by atoms with Crippen molar-refractivity contribution in [3.05, 3.63) is 45.0 Å². The molecular formula is C31H35N7S2. The van der Waals surface area contributed by atoms with E-state index < -0.39 is 10.8 Å². The molecule has 0 bridgehead atoms. The fraction of sp³-hybridized carbons (Fsp3) is 0.516. The van der Waals surface area contributed by atoms with E-state index in [1.807, 2.05) is 26.8 Å². The lowest BCUT2D eigenvalue weighted by Crippen LogP contribution is -2.27. The molecule has 7 nitrogen and oxygen atoms in total. The van der Waals surface area contributed by atoms with E-state index in [1.54, 1.807) is 0 Å². The molecule has 2 heterocycles. The number of hydrogen-bond acceptors (Lipinski definition) is 9. The Morgan fingerprint density at radius 1 is 0.625 bits per heavy atom. The topological polar surface area (TPSA) is 123 Å². The van der Waals surface area contributed by atoms with Crippen LogP contribution in [0.5, 0.6) is 0 Å². The largest absolute Gasteiger partial charge is 0.192 e. The van der Waals surface area contributed by atoms with Gasteiger partial charge in [-0.15, -0.1) is 10.2 Å². The highest BCUT2D eigenvalue weighted by Crippen LogP contribution is 2.47. The van der Waals surface area contributed by atoms with Crippen LogP contribution in [0.1, 0.15) is 121 Å². The highest BCUT2D eigenvalue weighted by atomic mass is 32.1. The summed E-state index contributed by atoms with van der Waals surface area (Å²) in [5.41, 5.74) is 5.09. The molecule has 0 atom stereocenters. The van der Waals surface area contributed by atoms with Crippen LogP contribution in [0.25, 0.3) is 20.4 Å². The predicted octanol–water partition coefficient (Wildman–Crippen LogP) is 7.94. The third-order valence-electron chi connectivity index (χ3n) is 7.86. The molecule has 4 aromatic rings. The summed E-state index contributed by atoms with van der Waals surface area (Å²) < 4.78 is 10.4. The molecule has 0 spiro atoms. The Morgan fingerprint density at radius 2 is 1.10 bits per heavy atom. The van der Waals surface area contributed by atoms with E-state index in [9.17, 15) is 15.8 Å². The van der Waals surface area contributed by atoms with Crippen LogP contribution in [-0.4, -0.2) is 19.2 Å². The first kappa shape index (κ1) is 29.5. The summed E-state index contributed by atoms with van der Waals surface area (Å²) in [5.74, 6) is 0. The van der Waals surface area contributed by atoms with Crippen molar-refractivity contribution in [2.45, 2.75) is 104 Å². The summed E-state index contributed by atoms with van der Waals surface area (Å²) in [4.78, 5) is 0. The zero-order valence-electron chi connectivity index (χ0n) is 24.9. The van der Waals surface area contributed by atoms with Crippen LogP contribution in [-0.2, 0) is 21.7 Å². The lowest BCUT2D eigenvalue weighted by atomic mass is 9.69. The molecule has 4 rings (SSSR count). The van der Waals surface area contributed by atoms with Gasteiger partial charge in [0.15, 0.2) is 0 Å². The number of rotatable bonds is 5. The molecule has 9 heteroatoms. The van der Waals surface area contributed by atoms with Crippen molar-refractivity contribution in [1.82, 2.24) is 19.2 Å². The molecule has 2 aromatic carbocycles. The maximum atomic E-state index is 10.4. The van der Waals surface area contributed by atoms with E-state index in [4.69, 9.17) is 0 Å². The van der Waals surface area contributed by atoms with E-state index in [-0.39, 0.29) is 10.8 Å². The van der Waals surface area contributed by atoms with E-state index in [1.165, 1.54) is 23.1 Å². The fourth-order valence-electron chi connectivity index (χ4n) is 5.75. The van der Waals surface area contributed by atoms with Crippen molar-refractivity contribution in [1.29, 1.82) is 15.8 Å². The van der Waals surface area contributed by atoms with Gasteiger partial charge in [-0.3, -0.25) is 0 Å². The van der Waals surface area contributed by atoms with Gasteiger partial charge < -0.3 is 0 Å². The molecule has 0 saturated heterocycles. The quantitative estimate of drug-likeness (QED) is 0.239. The first-order valence-electron chi connectivity index (χ1n) is 13.3. The SMILES string of the molecule is CC(C)(C)c1c(C#N)c(C#N)c(C(C)(C)CCC(C)(C)c2c(C#N)cc(C(C)(C)C)c3snnc23)c2snnc12. The molecule has 0 fully saturated rings. The van der Waals surface area contributed by atoms with Crippen LogP contribution in [0.4, 0.5) is 0 Å². The summed E-state index contributed by atoms with van der Waals surface area (Å²) in [7, 11) is 0. The van der Waals surface area contributed by atoms with Crippen LogP contribution in [0.15, 0.2) is 6.07 Å². The summed E-state index contributed by atoms with van der Waals surface area (Å²) >= 11 is 2.66. The molecule has 0 unspecified atom stereocenters. The Balaban J connectivity index is 1.85. The van der Waals surface area contributed by atoms with Crippen molar-refractivity contribution in [3.63, 3.8) is 0 Å². The highest BCUT2D eigenvalue weighted by molar-refractivity contribution is 7.13. The second-order valence-corrected chi connectivity index (χ2v) is 15.4. The lowest BCUT2D eigenvalue weighted by Gasteiger charge is -2.34. The van der Waals surface area contributed by atoms with Crippen LogP contribution in [0, 0.1) is 34.0 Å². The zero-order chi connectivity index (χ0) is 29.8. The van der Waals surface area contributed by atoms with Gasteiger partial charge >= 0.3 is 0 Å². The molecule has 2 aromatic heterocycles. The fourth-order valence-corrected chi connectivity index (χ4v) is 7.55. The minimum Gasteiger partial charge on any atom is -0.192 e. The second-order valence-electron chi connectivity index (χ2n) is 13.9. The first-order valence-corrected chi connectivity index (χ1v) is 14.9. The molecule has 0 aliphatic carbocycles. The maximum Gasteiger partial charge on any atom is 0.111 e. The summed E-state index contributed by atoms with van der Waals surface area (Å²) in [6, 6.07) is 9.15. The Bertz CT molecular complexity index is 1750. The minimum atomic E-state index is -0.478. The van der Waals surface area contributed by atoms with Gasteiger partial charge in [0.05, 0.1) is 32.2 Å². The molecule has 40 heavy (non-hydrogen) atoms. The molecule has 0 amide bonds. The summed E-state index contributed by atoms with van der Waals surface area (Å²) in [6.07, 6.45) is 1.42. The van der Waals surface area contributed by atoms with E-state index in [0.717, 1.165) is 43.6 Å². The number of nitriles is 3. The van der Waals surface area contributed by atoms with Crippen molar-refractivity contribution in [2.24, 2.45) is 0 Å². The van der Waals surface area contributed by atoms with Crippen molar-refractivity contribution in [3.8, 4) is 18.2 Å². The van der Waals surface area contributed by atoms with Gasteiger partial charge in [0, 0.05) is 11.1 Å². The number of aromatic nitrogens is 4. The van der Waals surface area contributed by atoms with Gasteiger partial charge in [0.25, 0.3) is 0 Å². The standard InChI is InChI=1S/C31H35N7S2/c1-28(2,3)20-13-17(14-32)21(24-26(20)39-37-35-24)30(7,8)11-12-31(9,10)23-19(16-34)18(15-33)22(29(4,5)6)25-27(23)40-38-36-25/h13H,11-12H2,1-10H3. The van der Waals surface area contributed by atoms with Crippen molar-refractivity contribution < 1.29 is 0 Å². The lowest BCUT2D eigenvalue weighted by molar-refractivity contribution is 0.377. The third-order valence-corrected chi connectivity index (χ3v) is 9.36. The molecular weight excluding hydrogens is 535 g/mol. The van der Waals surface area contributed by atoms with Gasteiger partial charge in [-0.1, -0.05) is 78.2 Å². The van der Waals surface area contributed by atoms with Gasteiger partial charge in [-0.2, -0.15) is 15.8 Å². The van der Waals surface area contributed by atoms with Crippen molar-refractivity contribution >= 4 is 43.5 Å². The van der Waals surface area contributed by atoms with Crippen LogP contribution in [0.3, 0.4) is 0 Å². The number of benzene rings is 2. The second kappa shape index (κ2) is 9.88. The molecule has 0 radical (unpaired) electrons. The third kappa shape index (κ3) is 4.85. The van der Waals surface area contributed by atoms with E-state index in [2.05, 4.69) is 85.8 Å². The van der Waals surface area contributed by atoms with Gasteiger partial charge in [-0.05, 0) is 74.8 Å². The number of hydrogen-bond donors (Lipinski definition) is 0. The van der Waals surface area contributed by atoms with Crippen LogP contribution >= 0.6 is 23.1 Å². The Kier molecular flexibility index (Phi) is 7.29. The van der Waals surface area contributed by atoms with Gasteiger partial charge in [0.2, 0.25) is 0 Å². The van der Waals surface area contributed by atoms with Crippen molar-refractivity contribution in [2.75, 3.05) is 0 Å². The molecule has 0 N–H and O–H groups in total. The first-order chi connectivity index (χ1) is 18.5. The molecule has 0 aliphatic rings. The van der Waals surface area contributed by atoms with Crippen LogP contribution < -0.4 is 0 Å². The average molecular weight is 570 g/mol.